The maximum Gasteiger partial charge on any atom is 0.245 e. The molecule has 1 atom stereocenters. The fourth-order valence-corrected chi connectivity index (χ4v) is 3.82. The molecule has 6 heteroatoms. The number of piperidine rings is 1. The highest BCUT2D eigenvalue weighted by atomic mass is 16.5. The molecule has 0 spiro atoms. The van der Waals surface area contributed by atoms with E-state index in [9.17, 15) is 9.59 Å². The monoisotopic (exact) mass is 295 g/mol. The van der Waals surface area contributed by atoms with Gasteiger partial charge in [-0.25, -0.2) is 0 Å². The molecule has 6 nitrogen and oxygen atoms in total. The summed E-state index contributed by atoms with van der Waals surface area (Å²) in [5.74, 6) is 0.189. The van der Waals surface area contributed by atoms with Crippen LogP contribution >= 0.6 is 0 Å². The molecule has 0 aromatic carbocycles. The molecule has 0 aromatic heterocycles. The molecular formula is C15H25N3O3. The Labute approximate surface area is 125 Å². The van der Waals surface area contributed by atoms with Crippen molar-refractivity contribution in [2.75, 3.05) is 39.9 Å². The van der Waals surface area contributed by atoms with Crippen LogP contribution in [0.4, 0.5) is 0 Å². The van der Waals surface area contributed by atoms with Crippen LogP contribution in [-0.4, -0.2) is 73.1 Å². The molecule has 3 fully saturated rings. The van der Waals surface area contributed by atoms with Gasteiger partial charge in [-0.3, -0.25) is 14.5 Å². The van der Waals surface area contributed by atoms with Gasteiger partial charge in [-0.05, 0) is 32.1 Å². The van der Waals surface area contributed by atoms with Crippen LogP contribution in [0.2, 0.25) is 0 Å². The van der Waals surface area contributed by atoms with E-state index in [0.717, 1.165) is 45.3 Å². The number of carbonyl (C=O) groups excluding carboxylic acids is 2. The van der Waals surface area contributed by atoms with Crippen molar-refractivity contribution < 1.29 is 14.3 Å². The molecule has 2 amide bonds. The molecule has 3 aliphatic heterocycles. The summed E-state index contributed by atoms with van der Waals surface area (Å²) in [5, 5.41) is 2.74. The van der Waals surface area contributed by atoms with Gasteiger partial charge in [-0.1, -0.05) is 0 Å². The van der Waals surface area contributed by atoms with Gasteiger partial charge in [0.05, 0.1) is 19.3 Å². The number of hydrogen-bond acceptors (Lipinski definition) is 4. The quantitative estimate of drug-likeness (QED) is 0.795. The summed E-state index contributed by atoms with van der Waals surface area (Å²) in [4.78, 5) is 29.2. The predicted octanol–water partition coefficient (Wildman–Crippen LogP) is -0.0217. The highest BCUT2D eigenvalue weighted by molar-refractivity contribution is 5.89. The van der Waals surface area contributed by atoms with E-state index in [-0.39, 0.29) is 17.9 Å². The zero-order valence-electron chi connectivity index (χ0n) is 12.8. The zero-order valence-corrected chi connectivity index (χ0v) is 12.8. The number of carbonyl (C=O) groups is 2. The minimum Gasteiger partial charge on any atom is -0.376 e. The molecule has 3 saturated heterocycles. The van der Waals surface area contributed by atoms with Crippen molar-refractivity contribution >= 4 is 11.8 Å². The van der Waals surface area contributed by atoms with Gasteiger partial charge in [0.1, 0.15) is 5.54 Å². The largest absolute Gasteiger partial charge is 0.376 e. The lowest BCUT2D eigenvalue weighted by Gasteiger charge is -2.48. The first-order valence-corrected chi connectivity index (χ1v) is 8.04. The number of amides is 2. The van der Waals surface area contributed by atoms with Gasteiger partial charge in [-0.15, -0.1) is 0 Å². The van der Waals surface area contributed by atoms with Crippen LogP contribution in [0.5, 0.6) is 0 Å². The Kier molecular flexibility index (Phi) is 4.17. The number of likely N-dealkylation sites (N-methyl/N-ethyl adjacent to an activating group) is 1. The standard InChI is InChI=1S/C15H25N3O3/c1-16-14(20)15(10-21-11-15)18-9-5-6-12(18)13(19)17-7-3-2-4-8-17/h12H,2-11H2,1H3,(H,16,20). The molecule has 1 unspecified atom stereocenters. The van der Waals surface area contributed by atoms with E-state index in [4.69, 9.17) is 4.74 Å². The van der Waals surface area contributed by atoms with E-state index in [0.29, 0.717) is 13.2 Å². The fourth-order valence-electron chi connectivity index (χ4n) is 3.82. The lowest BCUT2D eigenvalue weighted by atomic mass is 9.92. The smallest absolute Gasteiger partial charge is 0.245 e. The topological polar surface area (TPSA) is 61.9 Å². The molecule has 0 bridgehead atoms. The van der Waals surface area contributed by atoms with Crippen molar-refractivity contribution in [1.82, 2.24) is 15.1 Å². The van der Waals surface area contributed by atoms with Crippen molar-refractivity contribution in [2.24, 2.45) is 0 Å². The van der Waals surface area contributed by atoms with Gasteiger partial charge in [-0.2, -0.15) is 0 Å². The Morgan fingerprint density at radius 1 is 1.10 bits per heavy atom. The number of nitrogens with zero attached hydrogens (tertiary/aromatic N) is 2. The van der Waals surface area contributed by atoms with Crippen molar-refractivity contribution in [1.29, 1.82) is 0 Å². The summed E-state index contributed by atoms with van der Waals surface area (Å²) in [7, 11) is 1.65. The molecule has 0 aromatic rings. The average Bonchev–Trinajstić information content (AvgIpc) is 2.95. The Morgan fingerprint density at radius 2 is 1.81 bits per heavy atom. The summed E-state index contributed by atoms with van der Waals surface area (Å²) in [6.45, 7) is 3.34. The third kappa shape index (κ3) is 2.44. The second-order valence-electron chi connectivity index (χ2n) is 6.34. The number of rotatable bonds is 3. The first-order valence-electron chi connectivity index (χ1n) is 8.04. The van der Waals surface area contributed by atoms with E-state index in [1.54, 1.807) is 7.05 Å². The van der Waals surface area contributed by atoms with Gasteiger partial charge in [0.15, 0.2) is 0 Å². The Balaban J connectivity index is 1.75. The fraction of sp³-hybridized carbons (Fsp3) is 0.867. The lowest BCUT2D eigenvalue weighted by Crippen LogP contribution is -2.71. The van der Waals surface area contributed by atoms with Crippen molar-refractivity contribution in [3.63, 3.8) is 0 Å². The van der Waals surface area contributed by atoms with E-state index >= 15 is 0 Å². The van der Waals surface area contributed by atoms with Crippen LogP contribution in [-0.2, 0) is 14.3 Å². The summed E-state index contributed by atoms with van der Waals surface area (Å²) in [6.07, 6.45) is 5.25. The van der Waals surface area contributed by atoms with Crippen molar-refractivity contribution in [3.8, 4) is 0 Å². The minimum atomic E-state index is -0.624. The summed E-state index contributed by atoms with van der Waals surface area (Å²) >= 11 is 0. The zero-order chi connectivity index (χ0) is 14.9. The van der Waals surface area contributed by atoms with Gasteiger partial charge in [0, 0.05) is 26.7 Å². The van der Waals surface area contributed by atoms with E-state index in [2.05, 4.69) is 10.2 Å². The SMILES string of the molecule is CNC(=O)C1(N2CCCC2C(=O)N2CCCCC2)COC1. The molecule has 1 N–H and O–H groups in total. The molecule has 3 heterocycles. The van der Waals surface area contributed by atoms with Gasteiger partial charge < -0.3 is 15.0 Å². The molecule has 3 aliphatic rings. The van der Waals surface area contributed by atoms with E-state index < -0.39 is 5.54 Å². The first kappa shape index (κ1) is 14.8. The summed E-state index contributed by atoms with van der Waals surface area (Å²) < 4.78 is 5.32. The molecule has 0 aliphatic carbocycles. The Bertz CT molecular complexity index is 416. The molecule has 21 heavy (non-hydrogen) atoms. The summed E-state index contributed by atoms with van der Waals surface area (Å²) in [6, 6.07) is -0.149. The van der Waals surface area contributed by atoms with Crippen LogP contribution in [0.1, 0.15) is 32.1 Å². The third-order valence-corrected chi connectivity index (χ3v) is 5.09. The molecule has 0 radical (unpaired) electrons. The number of nitrogens with one attached hydrogen (secondary N) is 1. The van der Waals surface area contributed by atoms with E-state index in [1.165, 1.54) is 6.42 Å². The van der Waals surface area contributed by atoms with E-state index in [1.807, 2.05) is 4.90 Å². The minimum absolute atomic E-state index is 0.0212. The van der Waals surface area contributed by atoms with Gasteiger partial charge in [0.2, 0.25) is 11.8 Å². The van der Waals surface area contributed by atoms with Crippen molar-refractivity contribution in [3.05, 3.63) is 0 Å². The normalized spacial score (nSPS) is 29.0. The number of ether oxygens (including phenoxy) is 1. The molecule has 3 rings (SSSR count). The second kappa shape index (κ2) is 5.93. The van der Waals surface area contributed by atoms with Crippen LogP contribution in [0.3, 0.4) is 0 Å². The third-order valence-electron chi connectivity index (χ3n) is 5.09. The van der Waals surface area contributed by atoms with Crippen LogP contribution < -0.4 is 5.32 Å². The number of hydrogen-bond donors (Lipinski definition) is 1. The maximum atomic E-state index is 12.8. The van der Waals surface area contributed by atoms with Gasteiger partial charge in [0.25, 0.3) is 0 Å². The predicted molar refractivity (Wildman–Crippen MR) is 77.8 cm³/mol. The average molecular weight is 295 g/mol. The van der Waals surface area contributed by atoms with Crippen molar-refractivity contribution in [2.45, 2.75) is 43.7 Å². The molecular weight excluding hydrogens is 270 g/mol. The first-order chi connectivity index (χ1) is 10.2. The summed E-state index contributed by atoms with van der Waals surface area (Å²) in [5.41, 5.74) is -0.624. The Hall–Kier alpha value is -1.14. The molecule has 118 valence electrons. The van der Waals surface area contributed by atoms with Crippen LogP contribution in [0.15, 0.2) is 0 Å². The number of likely N-dealkylation sites (tertiary alicyclic amines) is 2. The Morgan fingerprint density at radius 3 is 2.38 bits per heavy atom. The van der Waals surface area contributed by atoms with Crippen LogP contribution in [0.25, 0.3) is 0 Å². The maximum absolute atomic E-state index is 12.8. The highest BCUT2D eigenvalue weighted by Crippen LogP contribution is 2.34. The highest BCUT2D eigenvalue weighted by Gasteiger charge is 2.55. The molecule has 0 saturated carbocycles. The van der Waals surface area contributed by atoms with Crippen LogP contribution in [0, 0.1) is 0 Å². The second-order valence-corrected chi connectivity index (χ2v) is 6.34. The lowest BCUT2D eigenvalue weighted by molar-refractivity contribution is -0.176. The van der Waals surface area contributed by atoms with Gasteiger partial charge >= 0.3 is 0 Å².